The normalized spacial score (nSPS) is 21.3. The largest absolute Gasteiger partial charge is 0.390 e. The third-order valence-corrected chi connectivity index (χ3v) is 6.77. The van der Waals surface area contributed by atoms with Crippen LogP contribution in [-0.2, 0) is 16.6 Å². The standard InChI is InChI=1S/C18H20N4O4S/c1-21(10-13-7-8-15-16(9-13)20-26-19-15)17-11-22(12-18(17)23)27(24,25)14-5-3-2-4-6-14/h2-9,17-18,23H,10-12H2,1H3/t17-,18-/m1/s1. The number of hydrogen-bond donors (Lipinski definition) is 1. The fraction of sp³-hybridized carbons (Fsp3) is 0.333. The van der Waals surface area contributed by atoms with Crippen LogP contribution < -0.4 is 0 Å². The number of likely N-dealkylation sites (N-methyl/N-ethyl adjacent to an activating group) is 1. The number of aliphatic hydroxyl groups is 1. The smallest absolute Gasteiger partial charge is 0.243 e. The van der Waals surface area contributed by atoms with Crippen molar-refractivity contribution in [2.45, 2.75) is 23.6 Å². The molecule has 3 aromatic rings. The molecule has 8 nitrogen and oxygen atoms in total. The first kappa shape index (κ1) is 18.1. The van der Waals surface area contributed by atoms with Crippen LogP contribution in [0.2, 0.25) is 0 Å². The zero-order valence-corrected chi connectivity index (χ0v) is 15.6. The minimum absolute atomic E-state index is 0.0818. The summed E-state index contributed by atoms with van der Waals surface area (Å²) in [4.78, 5) is 2.20. The maximum atomic E-state index is 12.8. The van der Waals surface area contributed by atoms with E-state index < -0.39 is 16.1 Å². The quantitative estimate of drug-likeness (QED) is 0.698. The first-order valence-corrected chi connectivity index (χ1v) is 10.0. The molecule has 4 rings (SSSR count). The van der Waals surface area contributed by atoms with Crippen LogP contribution in [0.1, 0.15) is 5.56 Å². The molecule has 0 bridgehead atoms. The molecule has 1 aromatic heterocycles. The Morgan fingerprint density at radius 2 is 1.89 bits per heavy atom. The van der Waals surface area contributed by atoms with Crippen molar-refractivity contribution >= 4 is 21.1 Å². The van der Waals surface area contributed by atoms with Crippen LogP contribution >= 0.6 is 0 Å². The molecule has 1 fully saturated rings. The molecule has 9 heteroatoms. The van der Waals surface area contributed by atoms with Crippen molar-refractivity contribution < 1.29 is 18.2 Å². The maximum absolute atomic E-state index is 12.8. The molecule has 2 heterocycles. The Labute approximate surface area is 157 Å². The lowest BCUT2D eigenvalue weighted by molar-refractivity contribution is 0.0953. The number of aromatic nitrogens is 2. The Hall–Kier alpha value is -2.33. The van der Waals surface area contributed by atoms with Gasteiger partial charge in [-0.05, 0) is 47.2 Å². The van der Waals surface area contributed by atoms with Gasteiger partial charge in [0.15, 0.2) is 0 Å². The Kier molecular flexibility index (Phi) is 4.68. The molecular formula is C18H20N4O4S. The summed E-state index contributed by atoms with van der Waals surface area (Å²) in [5.74, 6) is 0. The topological polar surface area (TPSA) is 99.8 Å². The van der Waals surface area contributed by atoms with Gasteiger partial charge in [-0.3, -0.25) is 4.90 Å². The lowest BCUT2D eigenvalue weighted by Crippen LogP contribution is -2.40. The van der Waals surface area contributed by atoms with Crippen LogP contribution in [0.5, 0.6) is 0 Å². The molecule has 1 aliphatic rings. The predicted octanol–water partition coefficient (Wildman–Crippen LogP) is 1.09. The van der Waals surface area contributed by atoms with Crippen molar-refractivity contribution in [2.75, 3.05) is 20.1 Å². The summed E-state index contributed by atoms with van der Waals surface area (Å²) in [7, 11) is -1.74. The summed E-state index contributed by atoms with van der Waals surface area (Å²) in [6.45, 7) is 0.866. The maximum Gasteiger partial charge on any atom is 0.243 e. The monoisotopic (exact) mass is 388 g/mol. The number of aliphatic hydroxyl groups excluding tert-OH is 1. The van der Waals surface area contributed by atoms with Crippen LogP contribution in [-0.4, -0.2) is 65.3 Å². The second kappa shape index (κ2) is 7.01. The molecule has 142 valence electrons. The molecule has 1 aliphatic heterocycles. The molecule has 0 aliphatic carbocycles. The number of nitrogens with zero attached hydrogens (tertiary/aromatic N) is 4. The van der Waals surface area contributed by atoms with Gasteiger partial charge >= 0.3 is 0 Å². The molecule has 27 heavy (non-hydrogen) atoms. The van der Waals surface area contributed by atoms with Crippen LogP contribution in [0.15, 0.2) is 58.1 Å². The van der Waals surface area contributed by atoms with Crippen molar-refractivity contribution in [1.82, 2.24) is 19.5 Å². The zero-order valence-electron chi connectivity index (χ0n) is 14.8. The number of hydrogen-bond acceptors (Lipinski definition) is 7. The second-order valence-electron chi connectivity index (χ2n) is 6.77. The summed E-state index contributed by atoms with van der Waals surface area (Å²) in [5, 5.41) is 18.1. The summed E-state index contributed by atoms with van der Waals surface area (Å²) in [5.41, 5.74) is 2.33. The van der Waals surface area contributed by atoms with Gasteiger partial charge in [-0.25, -0.2) is 13.0 Å². The molecular weight excluding hydrogens is 368 g/mol. The van der Waals surface area contributed by atoms with Gasteiger partial charge in [-0.15, -0.1) is 0 Å². The number of sulfonamides is 1. The summed E-state index contributed by atoms with van der Waals surface area (Å²) in [6.07, 6.45) is -0.758. The third-order valence-electron chi connectivity index (χ3n) is 4.92. The number of rotatable bonds is 5. The Balaban J connectivity index is 1.49. The Morgan fingerprint density at radius 3 is 2.67 bits per heavy atom. The van der Waals surface area contributed by atoms with E-state index in [2.05, 4.69) is 10.3 Å². The van der Waals surface area contributed by atoms with E-state index in [1.807, 2.05) is 30.1 Å². The Morgan fingerprint density at radius 1 is 1.15 bits per heavy atom. The third kappa shape index (κ3) is 3.46. The lowest BCUT2D eigenvalue weighted by atomic mass is 10.1. The fourth-order valence-corrected chi connectivity index (χ4v) is 4.93. The van der Waals surface area contributed by atoms with Gasteiger partial charge in [0.25, 0.3) is 0 Å². The molecule has 2 aromatic carbocycles. The lowest BCUT2D eigenvalue weighted by Gasteiger charge is -2.26. The number of fused-ring (bicyclic) bond motifs is 1. The van der Waals surface area contributed by atoms with Gasteiger partial charge < -0.3 is 5.11 Å². The van der Waals surface area contributed by atoms with Gasteiger partial charge in [-0.1, -0.05) is 24.3 Å². The summed E-state index contributed by atoms with van der Waals surface area (Å²) < 4.78 is 31.6. The second-order valence-corrected chi connectivity index (χ2v) is 8.71. The van der Waals surface area contributed by atoms with E-state index in [4.69, 9.17) is 4.63 Å². The van der Waals surface area contributed by atoms with Gasteiger partial charge in [0, 0.05) is 19.6 Å². The van der Waals surface area contributed by atoms with E-state index >= 15 is 0 Å². The van der Waals surface area contributed by atoms with E-state index in [1.165, 1.54) is 4.31 Å². The molecule has 0 radical (unpaired) electrons. The fourth-order valence-electron chi connectivity index (χ4n) is 3.44. The van der Waals surface area contributed by atoms with Crippen molar-refractivity contribution in [2.24, 2.45) is 0 Å². The summed E-state index contributed by atoms with van der Waals surface area (Å²) in [6, 6.07) is 13.6. The van der Waals surface area contributed by atoms with Crippen molar-refractivity contribution in [1.29, 1.82) is 0 Å². The minimum atomic E-state index is -3.62. The molecule has 2 atom stereocenters. The van der Waals surface area contributed by atoms with Crippen LogP contribution in [0.25, 0.3) is 11.0 Å². The van der Waals surface area contributed by atoms with E-state index in [0.717, 1.165) is 5.56 Å². The average molecular weight is 388 g/mol. The van der Waals surface area contributed by atoms with Gasteiger partial charge in [0.1, 0.15) is 11.0 Å². The van der Waals surface area contributed by atoms with Gasteiger partial charge in [-0.2, -0.15) is 4.31 Å². The SMILES string of the molecule is CN(Cc1ccc2nonc2c1)[C@@H]1CN(S(=O)(=O)c2ccccc2)C[C@H]1O. The van der Waals surface area contributed by atoms with Crippen molar-refractivity contribution in [3.8, 4) is 0 Å². The molecule has 0 amide bonds. The van der Waals surface area contributed by atoms with Crippen LogP contribution in [0.3, 0.4) is 0 Å². The predicted molar refractivity (Wildman–Crippen MR) is 98.3 cm³/mol. The van der Waals surface area contributed by atoms with Crippen LogP contribution in [0.4, 0.5) is 0 Å². The molecule has 0 unspecified atom stereocenters. The van der Waals surface area contributed by atoms with E-state index in [9.17, 15) is 13.5 Å². The molecule has 0 spiro atoms. The molecule has 0 saturated carbocycles. The summed E-state index contributed by atoms with van der Waals surface area (Å²) >= 11 is 0. The van der Waals surface area contributed by atoms with E-state index in [1.54, 1.807) is 30.3 Å². The van der Waals surface area contributed by atoms with Crippen LogP contribution in [0, 0.1) is 0 Å². The number of benzene rings is 2. The molecule has 1 saturated heterocycles. The Bertz CT molecular complexity index is 1040. The average Bonchev–Trinajstić information content (AvgIpc) is 3.28. The highest BCUT2D eigenvalue weighted by atomic mass is 32.2. The first-order valence-electron chi connectivity index (χ1n) is 8.60. The van der Waals surface area contributed by atoms with E-state index in [-0.39, 0.29) is 24.0 Å². The van der Waals surface area contributed by atoms with Crippen molar-refractivity contribution in [3.63, 3.8) is 0 Å². The number of β-amino-alcohol motifs (C(OH)–C–C–N with tert-alkyl or cyclic N) is 1. The van der Waals surface area contributed by atoms with Gasteiger partial charge in [0.2, 0.25) is 10.0 Å². The first-order chi connectivity index (χ1) is 12.9. The minimum Gasteiger partial charge on any atom is -0.390 e. The zero-order chi connectivity index (χ0) is 19.0. The molecule has 1 N–H and O–H groups in total. The van der Waals surface area contributed by atoms with Crippen molar-refractivity contribution in [3.05, 3.63) is 54.1 Å². The highest BCUT2D eigenvalue weighted by Gasteiger charge is 2.40. The highest BCUT2D eigenvalue weighted by Crippen LogP contribution is 2.24. The highest BCUT2D eigenvalue weighted by molar-refractivity contribution is 7.89. The van der Waals surface area contributed by atoms with Gasteiger partial charge in [0.05, 0.1) is 17.0 Å². The van der Waals surface area contributed by atoms with E-state index in [0.29, 0.717) is 17.6 Å².